The van der Waals surface area contributed by atoms with Crippen LogP contribution in [0.15, 0.2) is 30.3 Å². The lowest BCUT2D eigenvalue weighted by atomic mass is 9.68. The van der Waals surface area contributed by atoms with E-state index in [4.69, 9.17) is 4.74 Å². The molecule has 40 heavy (non-hydrogen) atoms. The highest BCUT2D eigenvalue weighted by molar-refractivity contribution is 5.71. The average molecular weight is 545 g/mol. The number of hydrogen-bond donors (Lipinski definition) is 0. The molecule has 2 saturated carbocycles. The molecule has 4 rings (SSSR count). The predicted octanol–water partition coefficient (Wildman–Crippen LogP) is 11.7. The molecule has 0 bridgehead atoms. The molecule has 2 aliphatic rings. The van der Waals surface area contributed by atoms with Crippen molar-refractivity contribution in [3.63, 3.8) is 0 Å². The van der Waals surface area contributed by atoms with Crippen LogP contribution in [0.25, 0.3) is 11.1 Å². The van der Waals surface area contributed by atoms with Crippen LogP contribution in [0.3, 0.4) is 0 Å². The van der Waals surface area contributed by atoms with E-state index >= 15 is 0 Å². The van der Waals surface area contributed by atoms with Gasteiger partial charge in [0.05, 0.1) is 6.61 Å². The monoisotopic (exact) mass is 544 g/mol. The van der Waals surface area contributed by atoms with Gasteiger partial charge in [-0.05, 0) is 146 Å². The average Bonchev–Trinajstić information content (AvgIpc) is 3.01. The maximum absolute atomic E-state index is 6.69. The maximum Gasteiger partial charge on any atom is 0.125 e. The molecule has 0 N–H and O–H groups in total. The highest BCUT2D eigenvalue weighted by Crippen LogP contribution is 2.45. The van der Waals surface area contributed by atoms with Gasteiger partial charge in [0.1, 0.15) is 5.75 Å². The highest BCUT2D eigenvalue weighted by atomic mass is 16.5. The third-order valence-electron chi connectivity index (χ3n) is 11.6. The smallest absolute Gasteiger partial charge is 0.125 e. The summed E-state index contributed by atoms with van der Waals surface area (Å²) in [6.45, 7) is 17.1. The van der Waals surface area contributed by atoms with Crippen LogP contribution >= 0.6 is 0 Å². The molecule has 222 valence electrons. The number of benzene rings is 2. The Balaban J connectivity index is 1.52. The van der Waals surface area contributed by atoms with Crippen molar-refractivity contribution in [2.75, 3.05) is 6.61 Å². The molecule has 0 atom stereocenters. The van der Waals surface area contributed by atoms with E-state index in [1.54, 1.807) is 5.56 Å². The predicted molar refractivity (Wildman–Crippen MR) is 175 cm³/mol. The van der Waals surface area contributed by atoms with Crippen molar-refractivity contribution in [2.45, 2.75) is 144 Å². The van der Waals surface area contributed by atoms with Gasteiger partial charge in [-0.25, -0.2) is 0 Å². The van der Waals surface area contributed by atoms with Gasteiger partial charge >= 0.3 is 0 Å². The number of rotatable bonds is 12. The van der Waals surface area contributed by atoms with Crippen molar-refractivity contribution >= 4 is 0 Å². The summed E-state index contributed by atoms with van der Waals surface area (Å²) in [5.41, 5.74) is 8.94. The Labute approximate surface area is 247 Å². The number of hydrogen-bond acceptors (Lipinski definition) is 1. The van der Waals surface area contributed by atoms with Crippen LogP contribution in [0.5, 0.6) is 5.75 Å². The summed E-state index contributed by atoms with van der Waals surface area (Å²) in [4.78, 5) is 0. The largest absolute Gasteiger partial charge is 0.492 e. The Morgan fingerprint density at radius 2 is 1.18 bits per heavy atom. The summed E-state index contributed by atoms with van der Waals surface area (Å²) < 4.78 is 6.69. The van der Waals surface area contributed by atoms with Gasteiger partial charge in [0.15, 0.2) is 0 Å². The number of ether oxygens (including phenoxy) is 1. The Kier molecular flexibility index (Phi) is 11.2. The van der Waals surface area contributed by atoms with Crippen molar-refractivity contribution in [1.82, 2.24) is 0 Å². The summed E-state index contributed by atoms with van der Waals surface area (Å²) >= 11 is 0. The first-order chi connectivity index (χ1) is 19.4. The molecule has 1 heteroatoms. The fourth-order valence-electron chi connectivity index (χ4n) is 8.02. The van der Waals surface area contributed by atoms with Crippen LogP contribution in [-0.4, -0.2) is 6.61 Å². The van der Waals surface area contributed by atoms with Gasteiger partial charge in [0.25, 0.3) is 0 Å². The van der Waals surface area contributed by atoms with Crippen LogP contribution in [0.4, 0.5) is 0 Å². The fourth-order valence-corrected chi connectivity index (χ4v) is 8.02. The molecule has 0 amide bonds. The van der Waals surface area contributed by atoms with Gasteiger partial charge < -0.3 is 4.74 Å². The maximum atomic E-state index is 6.69. The van der Waals surface area contributed by atoms with E-state index in [1.165, 1.54) is 98.4 Å². The van der Waals surface area contributed by atoms with E-state index in [9.17, 15) is 0 Å². The second-order valence-electron chi connectivity index (χ2n) is 13.6. The van der Waals surface area contributed by atoms with Crippen LogP contribution in [0.2, 0.25) is 0 Å². The lowest BCUT2D eigenvalue weighted by Crippen LogP contribution is -2.27. The molecule has 0 spiro atoms. The third kappa shape index (κ3) is 6.99. The topological polar surface area (TPSA) is 9.23 Å². The molecule has 0 aliphatic heterocycles. The fraction of sp³-hybridized carbons (Fsp3) is 0.692. The van der Waals surface area contributed by atoms with Gasteiger partial charge in [-0.1, -0.05) is 79.5 Å². The highest BCUT2D eigenvalue weighted by Gasteiger charge is 2.31. The van der Waals surface area contributed by atoms with Gasteiger partial charge in [0, 0.05) is 5.41 Å². The Morgan fingerprint density at radius 3 is 1.68 bits per heavy atom. The van der Waals surface area contributed by atoms with Gasteiger partial charge in [0.2, 0.25) is 0 Å². The molecule has 2 fully saturated rings. The molecule has 0 heterocycles. The molecule has 0 radical (unpaired) electrons. The Bertz CT molecular complexity index is 1030. The van der Waals surface area contributed by atoms with Crippen molar-refractivity contribution in [3.05, 3.63) is 52.6 Å². The van der Waals surface area contributed by atoms with E-state index < -0.39 is 0 Å². The summed E-state index contributed by atoms with van der Waals surface area (Å²) in [7, 11) is 0. The first-order valence-electron chi connectivity index (χ1n) is 17.3. The minimum Gasteiger partial charge on any atom is -0.492 e. The Hall–Kier alpha value is -1.76. The lowest BCUT2D eigenvalue weighted by molar-refractivity contribution is 0.126. The first-order valence-corrected chi connectivity index (χ1v) is 17.3. The zero-order valence-electron chi connectivity index (χ0n) is 27.2. The van der Waals surface area contributed by atoms with E-state index in [1.807, 2.05) is 0 Å². The van der Waals surface area contributed by atoms with E-state index in [-0.39, 0.29) is 5.41 Å². The second-order valence-corrected chi connectivity index (χ2v) is 13.6. The Morgan fingerprint density at radius 1 is 0.650 bits per heavy atom. The normalized spacial score (nSPS) is 23.8. The molecule has 0 saturated heterocycles. The SMILES string of the molecule is CCc1cc(C2CCC(C3CCC(C)CC3)CC2)ccc1-c1cc(CC)c(OCC(CC)(CC)CC)c(CC)c1. The van der Waals surface area contributed by atoms with E-state index in [0.29, 0.717) is 0 Å². The van der Waals surface area contributed by atoms with Gasteiger partial charge in [-0.3, -0.25) is 0 Å². The number of aryl methyl sites for hydroxylation is 3. The van der Waals surface area contributed by atoms with E-state index in [0.717, 1.165) is 55.3 Å². The van der Waals surface area contributed by atoms with Crippen LogP contribution < -0.4 is 4.74 Å². The zero-order valence-corrected chi connectivity index (χ0v) is 27.2. The molecule has 0 unspecified atom stereocenters. The summed E-state index contributed by atoms with van der Waals surface area (Å²) in [6.07, 6.45) is 18.2. The van der Waals surface area contributed by atoms with Gasteiger partial charge in [-0.15, -0.1) is 0 Å². The van der Waals surface area contributed by atoms with E-state index in [2.05, 4.69) is 78.8 Å². The molecule has 2 aromatic rings. The lowest BCUT2D eigenvalue weighted by Gasteiger charge is -2.37. The zero-order chi connectivity index (χ0) is 28.7. The molecular weight excluding hydrogens is 484 g/mol. The standard InChI is InChI=1S/C39H60O/c1-8-29-24-35(34-20-18-33(19-21-34)32-16-14-28(7)15-17-32)22-23-37(29)36-25-30(9-2)38(31(10-3)26-36)40-27-39(11-4,12-5)13-6/h22-26,28,32-34H,8-21,27H2,1-7H3. The molecule has 0 aromatic heterocycles. The van der Waals surface area contributed by atoms with Crippen LogP contribution in [0, 0.1) is 23.2 Å². The van der Waals surface area contributed by atoms with Crippen molar-refractivity contribution in [2.24, 2.45) is 23.2 Å². The molecule has 2 aromatic carbocycles. The molecule has 2 aliphatic carbocycles. The summed E-state index contributed by atoms with van der Waals surface area (Å²) in [6, 6.07) is 12.4. The third-order valence-corrected chi connectivity index (χ3v) is 11.6. The molecular formula is C39H60O. The minimum absolute atomic E-state index is 0.286. The summed E-state index contributed by atoms with van der Waals surface area (Å²) in [5.74, 6) is 4.88. The first kappa shape index (κ1) is 31.2. The second kappa shape index (κ2) is 14.4. The van der Waals surface area contributed by atoms with Crippen LogP contribution in [0.1, 0.15) is 147 Å². The van der Waals surface area contributed by atoms with Crippen molar-refractivity contribution < 1.29 is 4.74 Å². The van der Waals surface area contributed by atoms with Crippen molar-refractivity contribution in [1.29, 1.82) is 0 Å². The molecule has 1 nitrogen and oxygen atoms in total. The summed E-state index contributed by atoms with van der Waals surface area (Å²) in [5, 5.41) is 0. The quantitative estimate of drug-likeness (QED) is 0.258. The van der Waals surface area contributed by atoms with Gasteiger partial charge in [-0.2, -0.15) is 0 Å². The van der Waals surface area contributed by atoms with Crippen molar-refractivity contribution in [3.8, 4) is 16.9 Å². The minimum atomic E-state index is 0.286. The van der Waals surface area contributed by atoms with Crippen LogP contribution in [-0.2, 0) is 19.3 Å².